The molecule has 0 aliphatic rings. The molecule has 0 saturated heterocycles. The molecule has 9 nitrogen and oxygen atoms in total. The molecule has 70 heavy (non-hydrogen) atoms. The number of phosphoric ester groups is 1. The van der Waals surface area contributed by atoms with E-state index >= 15 is 0 Å². The first-order valence-corrected chi connectivity index (χ1v) is 30.1. The number of unbranched alkanes of at least 4 members (excludes halogenated alkanes) is 26. The molecule has 0 aromatic rings. The van der Waals surface area contributed by atoms with Crippen LogP contribution in [0.4, 0.5) is 0 Å². The van der Waals surface area contributed by atoms with Gasteiger partial charge in [0.2, 0.25) is 0 Å². The Morgan fingerprint density at radius 3 is 1.23 bits per heavy atom. The minimum Gasteiger partial charge on any atom is -0.756 e. The number of carbonyl (C=O) groups is 2. The van der Waals surface area contributed by atoms with Gasteiger partial charge < -0.3 is 27.9 Å². The first-order chi connectivity index (χ1) is 34.0. The molecule has 0 heterocycles. The van der Waals surface area contributed by atoms with Crippen molar-refractivity contribution >= 4 is 19.8 Å². The summed E-state index contributed by atoms with van der Waals surface area (Å²) >= 11 is 0. The molecule has 0 spiro atoms. The number of hydrogen-bond donors (Lipinski definition) is 0. The largest absolute Gasteiger partial charge is 0.756 e. The molecule has 0 radical (unpaired) electrons. The van der Waals surface area contributed by atoms with Crippen LogP contribution in [0.15, 0.2) is 72.9 Å². The van der Waals surface area contributed by atoms with Crippen molar-refractivity contribution in [3.63, 3.8) is 0 Å². The first kappa shape index (κ1) is 67.5. The molecule has 0 amide bonds. The Morgan fingerprint density at radius 2 is 0.814 bits per heavy atom. The highest BCUT2D eigenvalue weighted by atomic mass is 31.2. The lowest BCUT2D eigenvalue weighted by atomic mass is 10.0. The fraction of sp³-hybridized carbons (Fsp3) is 0.767. The predicted molar refractivity (Wildman–Crippen MR) is 296 cm³/mol. The van der Waals surface area contributed by atoms with Crippen LogP contribution in [0.25, 0.3) is 0 Å². The van der Waals surface area contributed by atoms with Crippen LogP contribution in [0.3, 0.4) is 0 Å². The second-order valence-electron chi connectivity index (χ2n) is 20.3. The average molecular weight is 1000 g/mol. The maximum absolute atomic E-state index is 12.8. The molecule has 0 saturated carbocycles. The van der Waals surface area contributed by atoms with Gasteiger partial charge >= 0.3 is 11.9 Å². The molecule has 406 valence electrons. The van der Waals surface area contributed by atoms with Crippen molar-refractivity contribution in [2.75, 3.05) is 47.5 Å². The van der Waals surface area contributed by atoms with Crippen molar-refractivity contribution in [1.29, 1.82) is 0 Å². The maximum atomic E-state index is 12.8. The number of allylic oxidation sites excluding steroid dienone is 12. The number of nitrogens with zero attached hydrogens (tertiary/aromatic N) is 1. The maximum Gasteiger partial charge on any atom is 0.306 e. The van der Waals surface area contributed by atoms with Crippen LogP contribution in [0.2, 0.25) is 0 Å². The lowest BCUT2D eigenvalue weighted by molar-refractivity contribution is -0.870. The van der Waals surface area contributed by atoms with Crippen LogP contribution in [-0.2, 0) is 32.7 Å². The van der Waals surface area contributed by atoms with E-state index in [9.17, 15) is 19.0 Å². The molecule has 0 aromatic heterocycles. The van der Waals surface area contributed by atoms with Crippen molar-refractivity contribution < 1.29 is 42.1 Å². The van der Waals surface area contributed by atoms with E-state index in [0.717, 1.165) is 83.5 Å². The molecule has 0 bridgehead atoms. The fourth-order valence-electron chi connectivity index (χ4n) is 7.80. The quantitative estimate of drug-likeness (QED) is 0.0195. The highest BCUT2D eigenvalue weighted by Gasteiger charge is 2.21. The van der Waals surface area contributed by atoms with Gasteiger partial charge in [0.1, 0.15) is 19.8 Å². The molecule has 0 rings (SSSR count). The zero-order valence-corrected chi connectivity index (χ0v) is 46.8. The minimum absolute atomic E-state index is 0.0334. The van der Waals surface area contributed by atoms with E-state index in [-0.39, 0.29) is 32.0 Å². The standard InChI is InChI=1S/C60H108NO8P/c1-6-8-10-12-14-16-18-20-22-24-25-26-27-28-29-30-31-32-33-34-35-37-39-41-43-45-47-49-51-53-60(63)69-58(57-68-70(64,65)67-55-54-61(3,4)5)56-66-59(62)52-50-48-46-44-42-40-38-36-23-21-19-17-15-13-11-9-7-2/h8,10,14,16,20-23,25-26,28-29,58H,6-7,9,11-13,15,17-19,24,27,30-57H2,1-5H3/b10-8-,16-14-,22-20-,23-21-,26-25-,29-28-. The number of rotatable bonds is 52. The summed E-state index contributed by atoms with van der Waals surface area (Å²) in [6, 6.07) is 0. The Bertz CT molecular complexity index is 1410. The van der Waals surface area contributed by atoms with E-state index in [1.54, 1.807) is 0 Å². The second kappa shape index (κ2) is 51.4. The van der Waals surface area contributed by atoms with Crippen LogP contribution >= 0.6 is 7.82 Å². The molecule has 2 unspecified atom stereocenters. The molecule has 0 fully saturated rings. The number of likely N-dealkylation sites (N-methyl/N-ethyl adjacent to an activating group) is 1. The van der Waals surface area contributed by atoms with Crippen molar-refractivity contribution in [2.24, 2.45) is 0 Å². The van der Waals surface area contributed by atoms with Gasteiger partial charge in [0.15, 0.2) is 6.10 Å². The Balaban J connectivity index is 4.15. The molecule has 0 N–H and O–H groups in total. The summed E-state index contributed by atoms with van der Waals surface area (Å²) in [5.74, 6) is -0.836. The number of quaternary nitrogens is 1. The number of carbonyl (C=O) groups excluding carboxylic acids is 2. The Morgan fingerprint density at radius 1 is 0.457 bits per heavy atom. The Hall–Kier alpha value is -2.55. The number of ether oxygens (including phenoxy) is 2. The highest BCUT2D eigenvalue weighted by molar-refractivity contribution is 7.45. The first-order valence-electron chi connectivity index (χ1n) is 28.6. The van der Waals surface area contributed by atoms with Gasteiger partial charge in [-0.2, -0.15) is 0 Å². The SMILES string of the molecule is CC/C=C\C/C=C\C/C=C\C/C=C\C/C=C\CCCCCCCCCCCCCCCC(=O)OC(COC(=O)CCCCCCCCC/C=C\CCCCCCCC)COP(=O)([O-])OCC[N+](C)(C)C. The third-order valence-electron chi connectivity index (χ3n) is 12.2. The van der Waals surface area contributed by atoms with Crippen LogP contribution in [-0.4, -0.2) is 70.0 Å². The number of phosphoric acid groups is 1. The van der Waals surface area contributed by atoms with Crippen molar-refractivity contribution in [3.05, 3.63) is 72.9 Å². The predicted octanol–water partition coefficient (Wildman–Crippen LogP) is 17.1. The van der Waals surface area contributed by atoms with E-state index in [1.807, 2.05) is 21.1 Å². The summed E-state index contributed by atoms with van der Waals surface area (Å²) in [7, 11) is 1.16. The molecule has 0 aliphatic heterocycles. The van der Waals surface area contributed by atoms with Crippen LogP contribution < -0.4 is 4.89 Å². The van der Waals surface area contributed by atoms with Crippen molar-refractivity contribution in [3.8, 4) is 0 Å². The second-order valence-corrected chi connectivity index (χ2v) is 21.7. The third-order valence-corrected chi connectivity index (χ3v) is 13.2. The highest BCUT2D eigenvalue weighted by Crippen LogP contribution is 2.38. The van der Waals surface area contributed by atoms with Crippen LogP contribution in [0.5, 0.6) is 0 Å². The molecular formula is C60H108NO8P. The third kappa shape index (κ3) is 54.8. The molecular weight excluding hydrogens is 894 g/mol. The zero-order chi connectivity index (χ0) is 51.3. The van der Waals surface area contributed by atoms with Crippen LogP contribution in [0, 0.1) is 0 Å². The summed E-state index contributed by atoms with van der Waals surface area (Å²) in [6.45, 7) is 4.13. The Kier molecular flexibility index (Phi) is 49.5. The van der Waals surface area contributed by atoms with E-state index in [0.29, 0.717) is 17.4 Å². The summed E-state index contributed by atoms with van der Waals surface area (Å²) in [4.78, 5) is 37.8. The normalized spacial score (nSPS) is 13.9. The van der Waals surface area contributed by atoms with Gasteiger partial charge in [-0.25, -0.2) is 0 Å². The molecule has 0 aromatic carbocycles. The van der Waals surface area contributed by atoms with Gasteiger partial charge in [-0.15, -0.1) is 0 Å². The van der Waals surface area contributed by atoms with Gasteiger partial charge in [-0.05, 0) is 83.5 Å². The van der Waals surface area contributed by atoms with Crippen molar-refractivity contribution in [1.82, 2.24) is 0 Å². The minimum atomic E-state index is -4.64. The summed E-state index contributed by atoms with van der Waals surface area (Å²) in [5.41, 5.74) is 0. The van der Waals surface area contributed by atoms with Gasteiger partial charge in [0.25, 0.3) is 7.82 Å². The summed E-state index contributed by atoms with van der Waals surface area (Å²) in [6.07, 6.45) is 66.5. The van der Waals surface area contributed by atoms with Crippen molar-refractivity contribution in [2.45, 2.75) is 251 Å². The molecule has 2 atom stereocenters. The number of esters is 2. The van der Waals surface area contributed by atoms with E-state index in [1.165, 1.54) is 128 Å². The topological polar surface area (TPSA) is 111 Å². The molecule has 10 heteroatoms. The number of hydrogen-bond acceptors (Lipinski definition) is 8. The lowest BCUT2D eigenvalue weighted by Gasteiger charge is -2.28. The molecule has 0 aliphatic carbocycles. The summed E-state index contributed by atoms with van der Waals surface area (Å²) in [5, 5.41) is 0. The van der Waals surface area contributed by atoms with E-state index in [2.05, 4.69) is 86.8 Å². The Labute approximate surface area is 431 Å². The fourth-order valence-corrected chi connectivity index (χ4v) is 8.52. The summed E-state index contributed by atoms with van der Waals surface area (Å²) < 4.78 is 34.1. The van der Waals surface area contributed by atoms with E-state index < -0.39 is 26.5 Å². The monoisotopic (exact) mass is 1000 g/mol. The van der Waals surface area contributed by atoms with E-state index in [4.69, 9.17) is 18.5 Å². The van der Waals surface area contributed by atoms with Crippen LogP contribution in [0.1, 0.15) is 245 Å². The van der Waals surface area contributed by atoms with Gasteiger partial charge in [0, 0.05) is 12.8 Å². The van der Waals surface area contributed by atoms with Gasteiger partial charge in [-0.1, -0.05) is 222 Å². The smallest absolute Gasteiger partial charge is 0.306 e. The average Bonchev–Trinajstić information content (AvgIpc) is 3.32. The lowest BCUT2D eigenvalue weighted by Crippen LogP contribution is -2.37. The van der Waals surface area contributed by atoms with Gasteiger partial charge in [0.05, 0.1) is 27.7 Å². The van der Waals surface area contributed by atoms with Gasteiger partial charge in [-0.3, -0.25) is 14.2 Å². The zero-order valence-electron chi connectivity index (χ0n) is 46.0.